The van der Waals surface area contributed by atoms with E-state index in [0.717, 1.165) is 16.5 Å². The van der Waals surface area contributed by atoms with E-state index in [1.54, 1.807) is 6.92 Å². The zero-order chi connectivity index (χ0) is 15.9. The fourth-order valence-electron chi connectivity index (χ4n) is 2.24. The van der Waals surface area contributed by atoms with Crippen molar-refractivity contribution in [3.63, 3.8) is 0 Å². The molecule has 0 aromatic heterocycles. The van der Waals surface area contributed by atoms with Gasteiger partial charge in [0.25, 0.3) is 0 Å². The Kier molecular flexibility index (Phi) is 5.36. The molecule has 0 unspecified atom stereocenters. The van der Waals surface area contributed by atoms with E-state index in [9.17, 15) is 9.59 Å². The highest BCUT2D eigenvalue weighted by molar-refractivity contribution is 5.94. The summed E-state index contributed by atoms with van der Waals surface area (Å²) in [5.41, 5.74) is 0.993. The Bertz CT molecular complexity index is 665. The van der Waals surface area contributed by atoms with Crippen molar-refractivity contribution < 1.29 is 14.3 Å². The molecule has 0 fully saturated rings. The van der Waals surface area contributed by atoms with Crippen LogP contribution in [0.15, 0.2) is 42.5 Å². The maximum atomic E-state index is 11.8. The lowest BCUT2D eigenvalue weighted by Gasteiger charge is -2.13. The van der Waals surface area contributed by atoms with Crippen LogP contribution in [0, 0.1) is 0 Å². The molecular weight excluding hydrogens is 280 g/mol. The number of nitrogens with one attached hydrogen (secondary N) is 2. The number of methoxy groups -OCH3 is 1. The van der Waals surface area contributed by atoms with Crippen LogP contribution in [0.5, 0.6) is 0 Å². The molecule has 0 aliphatic carbocycles. The lowest BCUT2D eigenvalue weighted by molar-refractivity contribution is -0.144. The number of amides is 1. The van der Waals surface area contributed by atoms with Crippen LogP contribution in [-0.2, 0) is 14.3 Å². The maximum absolute atomic E-state index is 11.8. The van der Waals surface area contributed by atoms with Crippen molar-refractivity contribution >= 4 is 28.3 Å². The third-order valence-corrected chi connectivity index (χ3v) is 3.39. The predicted octanol–water partition coefficient (Wildman–Crippen LogP) is 2.32. The topological polar surface area (TPSA) is 67.4 Å². The minimum Gasteiger partial charge on any atom is -0.467 e. The van der Waals surface area contributed by atoms with E-state index in [1.807, 2.05) is 42.5 Å². The minimum atomic E-state index is -0.630. The SMILES string of the molecule is COC(=O)[C@H](C)NC(=O)CCNc1cccc2ccccc12. The van der Waals surface area contributed by atoms with E-state index in [4.69, 9.17) is 0 Å². The van der Waals surface area contributed by atoms with Crippen molar-refractivity contribution in [3.8, 4) is 0 Å². The highest BCUT2D eigenvalue weighted by atomic mass is 16.5. The zero-order valence-electron chi connectivity index (χ0n) is 12.8. The summed E-state index contributed by atoms with van der Waals surface area (Å²) in [6.45, 7) is 2.09. The number of carbonyl (C=O) groups is 2. The van der Waals surface area contributed by atoms with E-state index >= 15 is 0 Å². The lowest BCUT2D eigenvalue weighted by atomic mass is 10.1. The number of benzene rings is 2. The summed E-state index contributed by atoms with van der Waals surface area (Å²) in [6, 6.07) is 13.4. The summed E-state index contributed by atoms with van der Waals surface area (Å²) >= 11 is 0. The smallest absolute Gasteiger partial charge is 0.328 e. The summed E-state index contributed by atoms with van der Waals surface area (Å²) < 4.78 is 4.57. The molecule has 0 spiro atoms. The maximum Gasteiger partial charge on any atom is 0.328 e. The fourth-order valence-corrected chi connectivity index (χ4v) is 2.24. The number of anilines is 1. The van der Waals surface area contributed by atoms with Crippen LogP contribution in [-0.4, -0.2) is 31.6 Å². The molecule has 2 N–H and O–H groups in total. The molecule has 1 amide bonds. The van der Waals surface area contributed by atoms with Crippen LogP contribution in [0.25, 0.3) is 10.8 Å². The number of carbonyl (C=O) groups excluding carboxylic acids is 2. The molecule has 2 aromatic carbocycles. The summed E-state index contributed by atoms with van der Waals surface area (Å²) in [5, 5.41) is 8.13. The Balaban J connectivity index is 1.88. The minimum absolute atomic E-state index is 0.189. The first-order chi connectivity index (χ1) is 10.6. The van der Waals surface area contributed by atoms with Gasteiger partial charge in [-0.2, -0.15) is 0 Å². The van der Waals surface area contributed by atoms with Crippen molar-refractivity contribution in [1.29, 1.82) is 0 Å². The number of hydrogen-bond donors (Lipinski definition) is 2. The number of fused-ring (bicyclic) bond motifs is 1. The third-order valence-electron chi connectivity index (χ3n) is 3.39. The molecule has 2 rings (SSSR count). The summed E-state index contributed by atoms with van der Waals surface area (Å²) in [4.78, 5) is 23.0. The highest BCUT2D eigenvalue weighted by Crippen LogP contribution is 2.22. The first-order valence-electron chi connectivity index (χ1n) is 7.20. The molecule has 1 atom stereocenters. The standard InChI is InChI=1S/C17H20N2O3/c1-12(17(21)22-2)19-16(20)10-11-18-15-9-5-7-13-6-3-4-8-14(13)15/h3-9,12,18H,10-11H2,1-2H3,(H,19,20)/t12-/m0/s1. The van der Waals surface area contributed by atoms with Crippen molar-refractivity contribution in [1.82, 2.24) is 5.32 Å². The first kappa shape index (κ1) is 15.8. The van der Waals surface area contributed by atoms with Gasteiger partial charge in [0, 0.05) is 24.0 Å². The van der Waals surface area contributed by atoms with E-state index in [0.29, 0.717) is 6.54 Å². The number of hydrogen-bond acceptors (Lipinski definition) is 4. The second-order valence-electron chi connectivity index (χ2n) is 5.02. The van der Waals surface area contributed by atoms with Gasteiger partial charge in [0.15, 0.2) is 0 Å². The average molecular weight is 300 g/mol. The van der Waals surface area contributed by atoms with Gasteiger partial charge in [0.05, 0.1) is 7.11 Å². The molecular formula is C17H20N2O3. The van der Waals surface area contributed by atoms with Crippen LogP contribution in [0.1, 0.15) is 13.3 Å². The van der Waals surface area contributed by atoms with Crippen molar-refractivity contribution in [3.05, 3.63) is 42.5 Å². The van der Waals surface area contributed by atoms with Gasteiger partial charge in [-0.1, -0.05) is 36.4 Å². The van der Waals surface area contributed by atoms with Gasteiger partial charge >= 0.3 is 5.97 Å². The summed E-state index contributed by atoms with van der Waals surface area (Å²) in [7, 11) is 1.30. The van der Waals surface area contributed by atoms with Gasteiger partial charge in [0.2, 0.25) is 5.91 Å². The highest BCUT2D eigenvalue weighted by Gasteiger charge is 2.15. The largest absolute Gasteiger partial charge is 0.467 e. The van der Waals surface area contributed by atoms with Crippen LogP contribution in [0.2, 0.25) is 0 Å². The molecule has 22 heavy (non-hydrogen) atoms. The normalized spacial score (nSPS) is 11.7. The Morgan fingerprint density at radius 3 is 2.64 bits per heavy atom. The molecule has 0 saturated carbocycles. The van der Waals surface area contributed by atoms with Gasteiger partial charge in [-0.05, 0) is 18.4 Å². The molecule has 0 bridgehead atoms. The van der Waals surface area contributed by atoms with Crippen LogP contribution in [0.4, 0.5) is 5.69 Å². The van der Waals surface area contributed by atoms with E-state index in [-0.39, 0.29) is 12.3 Å². The molecule has 0 saturated heterocycles. The molecule has 5 heteroatoms. The zero-order valence-corrected chi connectivity index (χ0v) is 12.8. The molecule has 0 aliphatic rings. The number of rotatable bonds is 6. The number of esters is 1. The Hall–Kier alpha value is -2.56. The summed E-state index contributed by atoms with van der Waals surface area (Å²) in [6.07, 6.45) is 0.282. The molecule has 0 radical (unpaired) electrons. The van der Waals surface area contributed by atoms with E-state index < -0.39 is 12.0 Å². The van der Waals surface area contributed by atoms with Gasteiger partial charge in [-0.15, -0.1) is 0 Å². The van der Waals surface area contributed by atoms with Gasteiger partial charge in [-0.25, -0.2) is 4.79 Å². The Morgan fingerprint density at radius 2 is 1.86 bits per heavy atom. The van der Waals surface area contributed by atoms with Gasteiger partial charge in [0.1, 0.15) is 6.04 Å². The molecule has 5 nitrogen and oxygen atoms in total. The molecule has 0 aliphatic heterocycles. The van der Waals surface area contributed by atoms with Crippen molar-refractivity contribution in [2.24, 2.45) is 0 Å². The van der Waals surface area contributed by atoms with Crippen LogP contribution < -0.4 is 10.6 Å². The monoisotopic (exact) mass is 300 g/mol. The lowest BCUT2D eigenvalue weighted by Crippen LogP contribution is -2.39. The first-order valence-corrected chi connectivity index (χ1v) is 7.20. The van der Waals surface area contributed by atoms with Crippen molar-refractivity contribution in [2.75, 3.05) is 19.0 Å². The van der Waals surface area contributed by atoms with E-state index in [2.05, 4.69) is 15.4 Å². The quantitative estimate of drug-likeness (QED) is 0.803. The Labute approximate surface area is 129 Å². The third kappa shape index (κ3) is 3.97. The number of ether oxygens (including phenoxy) is 1. The summed E-state index contributed by atoms with van der Waals surface area (Å²) in [5.74, 6) is -0.638. The molecule has 116 valence electrons. The second-order valence-corrected chi connectivity index (χ2v) is 5.02. The predicted molar refractivity (Wildman–Crippen MR) is 86.7 cm³/mol. The molecule has 2 aromatic rings. The van der Waals surface area contributed by atoms with Crippen molar-refractivity contribution in [2.45, 2.75) is 19.4 Å². The van der Waals surface area contributed by atoms with Crippen LogP contribution in [0.3, 0.4) is 0 Å². The van der Waals surface area contributed by atoms with Gasteiger partial charge in [-0.3, -0.25) is 4.79 Å². The van der Waals surface area contributed by atoms with E-state index in [1.165, 1.54) is 7.11 Å². The second kappa shape index (κ2) is 7.45. The van der Waals surface area contributed by atoms with Crippen LogP contribution >= 0.6 is 0 Å². The van der Waals surface area contributed by atoms with Gasteiger partial charge < -0.3 is 15.4 Å². The fraction of sp³-hybridized carbons (Fsp3) is 0.294. The molecule has 0 heterocycles. The average Bonchev–Trinajstić information content (AvgIpc) is 2.54. The Morgan fingerprint density at radius 1 is 1.14 bits per heavy atom.